The van der Waals surface area contributed by atoms with Crippen LogP contribution in [-0.2, 0) is 18.3 Å². The van der Waals surface area contributed by atoms with Crippen LogP contribution < -0.4 is 10.8 Å². The Morgan fingerprint density at radius 3 is 2.81 bits per heavy atom. The molecule has 1 aromatic heterocycles. The fourth-order valence-corrected chi connectivity index (χ4v) is 5.13. The van der Waals surface area contributed by atoms with Crippen molar-refractivity contribution in [3.05, 3.63) is 57.6 Å². The standard InChI is InChI=1S/C18H19ClF2N3O7P/c19-11-3-1-2-10(8-11)12-5-7-29-32(28,31-12)23-14-4-6-24(17(27)22-14)16-18(20,21)15(26)13(9-25)30-16/h1-4,6,8,12-13,15-16,25-26H,5,7,9H2,(H,22,23,27,28)/t12?,13-,15+,16-,32?/m1/s1. The molecular weight excluding hydrogens is 475 g/mol. The molecule has 14 heteroatoms. The van der Waals surface area contributed by atoms with Crippen molar-refractivity contribution in [1.29, 1.82) is 0 Å². The number of nitrogens with zero attached hydrogens (tertiary/aromatic N) is 2. The molecule has 174 valence electrons. The first-order valence-corrected chi connectivity index (χ1v) is 11.4. The highest BCUT2D eigenvalue weighted by molar-refractivity contribution is 7.55. The fraction of sp³-hybridized carbons (Fsp3) is 0.444. The van der Waals surface area contributed by atoms with Crippen molar-refractivity contribution in [2.24, 2.45) is 0 Å². The van der Waals surface area contributed by atoms with Gasteiger partial charge >= 0.3 is 19.4 Å². The summed E-state index contributed by atoms with van der Waals surface area (Å²) in [5.41, 5.74) is -0.482. The van der Waals surface area contributed by atoms with E-state index in [2.05, 4.69) is 10.1 Å². The van der Waals surface area contributed by atoms with Crippen LogP contribution in [0.4, 0.5) is 14.6 Å². The second kappa shape index (κ2) is 8.79. The number of anilines is 1. The number of hydrogen-bond acceptors (Lipinski definition) is 8. The summed E-state index contributed by atoms with van der Waals surface area (Å²) >= 11 is 5.99. The van der Waals surface area contributed by atoms with E-state index in [0.717, 1.165) is 12.3 Å². The maximum Gasteiger partial charge on any atom is 0.434 e. The minimum Gasteiger partial charge on any atom is -0.394 e. The van der Waals surface area contributed by atoms with E-state index in [1.54, 1.807) is 24.3 Å². The maximum atomic E-state index is 14.3. The zero-order valence-electron chi connectivity index (χ0n) is 16.3. The first kappa shape index (κ1) is 23.2. The third kappa shape index (κ3) is 4.44. The van der Waals surface area contributed by atoms with Crippen LogP contribution in [0.3, 0.4) is 0 Å². The third-order valence-corrected chi connectivity index (χ3v) is 6.81. The molecule has 0 spiro atoms. The Morgan fingerprint density at radius 2 is 2.16 bits per heavy atom. The molecule has 1 aromatic carbocycles. The molecule has 0 bridgehead atoms. The molecule has 5 atom stereocenters. The molecule has 2 fully saturated rings. The third-order valence-electron chi connectivity index (χ3n) is 5.02. The summed E-state index contributed by atoms with van der Waals surface area (Å²) in [4.78, 5) is 16.0. The van der Waals surface area contributed by atoms with Crippen LogP contribution in [0.1, 0.15) is 24.3 Å². The van der Waals surface area contributed by atoms with E-state index in [9.17, 15) is 23.2 Å². The van der Waals surface area contributed by atoms with Crippen LogP contribution in [0.5, 0.6) is 0 Å². The average molecular weight is 494 g/mol. The van der Waals surface area contributed by atoms with E-state index in [1.807, 2.05) is 0 Å². The van der Waals surface area contributed by atoms with Crippen LogP contribution in [0.2, 0.25) is 5.02 Å². The normalized spacial score (nSPS) is 32.0. The van der Waals surface area contributed by atoms with Gasteiger partial charge in [0, 0.05) is 17.6 Å². The predicted molar refractivity (Wildman–Crippen MR) is 108 cm³/mol. The second-order valence-corrected chi connectivity index (χ2v) is 9.34. The zero-order chi connectivity index (χ0) is 23.1. The molecule has 0 radical (unpaired) electrons. The van der Waals surface area contributed by atoms with Gasteiger partial charge < -0.3 is 14.9 Å². The Morgan fingerprint density at radius 1 is 1.38 bits per heavy atom. The lowest BCUT2D eigenvalue weighted by Gasteiger charge is -2.30. The van der Waals surface area contributed by atoms with Crippen molar-refractivity contribution in [1.82, 2.24) is 9.55 Å². The van der Waals surface area contributed by atoms with Gasteiger partial charge in [-0.3, -0.25) is 18.7 Å². The van der Waals surface area contributed by atoms with E-state index >= 15 is 0 Å². The number of halogens is 3. The van der Waals surface area contributed by atoms with Gasteiger partial charge in [0.25, 0.3) is 0 Å². The van der Waals surface area contributed by atoms with Gasteiger partial charge in [0.2, 0.25) is 6.23 Å². The van der Waals surface area contributed by atoms with Crippen molar-refractivity contribution in [3.63, 3.8) is 0 Å². The lowest BCUT2D eigenvalue weighted by molar-refractivity contribution is -0.140. The molecule has 2 saturated heterocycles. The molecule has 4 rings (SSSR count). The summed E-state index contributed by atoms with van der Waals surface area (Å²) in [6.45, 7) is -0.776. The summed E-state index contributed by atoms with van der Waals surface area (Å²) < 4.78 is 57.8. The SMILES string of the molecule is O=c1nc(NP2(=O)OCCC(c3cccc(Cl)c3)O2)ccn1[C@@H]1O[C@H](CO)[C@H](O)C1(F)F. The van der Waals surface area contributed by atoms with Crippen molar-refractivity contribution < 1.29 is 37.3 Å². The van der Waals surface area contributed by atoms with Crippen LogP contribution in [0, 0.1) is 0 Å². The molecule has 0 saturated carbocycles. The number of hydrogen-bond donors (Lipinski definition) is 3. The summed E-state index contributed by atoms with van der Waals surface area (Å²) in [5.74, 6) is -4.08. The molecule has 3 N–H and O–H groups in total. The number of aromatic nitrogens is 2. The summed E-state index contributed by atoms with van der Waals surface area (Å²) in [6.07, 6.45) is -5.29. The van der Waals surface area contributed by atoms with E-state index in [-0.39, 0.29) is 12.4 Å². The number of benzene rings is 1. The van der Waals surface area contributed by atoms with E-state index in [1.165, 1.54) is 0 Å². The van der Waals surface area contributed by atoms with Crippen LogP contribution in [0.15, 0.2) is 41.3 Å². The van der Waals surface area contributed by atoms with Gasteiger partial charge in [-0.15, -0.1) is 0 Å². The number of rotatable bonds is 5. The minimum absolute atomic E-state index is 0.0844. The maximum absolute atomic E-state index is 14.3. The van der Waals surface area contributed by atoms with Crippen molar-refractivity contribution in [3.8, 4) is 0 Å². The zero-order valence-corrected chi connectivity index (χ0v) is 18.0. The van der Waals surface area contributed by atoms with Crippen molar-refractivity contribution in [2.75, 3.05) is 18.3 Å². The van der Waals surface area contributed by atoms with Crippen LogP contribution >= 0.6 is 19.3 Å². The molecule has 10 nitrogen and oxygen atoms in total. The summed E-state index contributed by atoms with van der Waals surface area (Å²) in [7, 11) is -3.94. The Kier molecular flexibility index (Phi) is 6.38. The number of ether oxygens (including phenoxy) is 1. The van der Waals surface area contributed by atoms with E-state index < -0.39 is 50.5 Å². The topological polar surface area (TPSA) is 132 Å². The van der Waals surface area contributed by atoms with Gasteiger partial charge in [0.05, 0.1) is 19.3 Å². The van der Waals surface area contributed by atoms with Gasteiger partial charge in [0.1, 0.15) is 11.9 Å². The number of nitrogens with one attached hydrogen (secondary N) is 1. The van der Waals surface area contributed by atoms with Gasteiger partial charge in [-0.1, -0.05) is 23.7 Å². The number of alkyl halides is 2. The second-order valence-electron chi connectivity index (χ2n) is 7.21. The summed E-state index contributed by atoms with van der Waals surface area (Å²) in [6, 6.07) is 7.92. The Hall–Kier alpha value is -1.92. The number of aliphatic hydroxyl groups excluding tert-OH is 2. The number of aliphatic hydroxyl groups is 2. The minimum atomic E-state index is -3.94. The molecule has 2 unspecified atom stereocenters. The lowest BCUT2D eigenvalue weighted by atomic mass is 10.1. The van der Waals surface area contributed by atoms with Gasteiger partial charge in [0.15, 0.2) is 6.10 Å². The molecule has 2 aliphatic rings. The van der Waals surface area contributed by atoms with Crippen LogP contribution in [-0.4, -0.2) is 51.1 Å². The van der Waals surface area contributed by atoms with Gasteiger partial charge in [-0.05, 0) is 23.8 Å². The van der Waals surface area contributed by atoms with Crippen molar-refractivity contribution in [2.45, 2.75) is 36.9 Å². The lowest BCUT2D eigenvalue weighted by Crippen LogP contribution is -2.41. The molecule has 2 aromatic rings. The smallest absolute Gasteiger partial charge is 0.394 e. The average Bonchev–Trinajstić information content (AvgIpc) is 2.97. The first-order chi connectivity index (χ1) is 15.1. The molecule has 0 aliphatic carbocycles. The Bertz CT molecular complexity index is 1100. The summed E-state index contributed by atoms with van der Waals surface area (Å²) in [5, 5.41) is 21.6. The first-order valence-electron chi connectivity index (χ1n) is 9.51. The Balaban J connectivity index is 1.52. The van der Waals surface area contributed by atoms with Gasteiger partial charge in [-0.25, -0.2) is 9.36 Å². The Labute approximate surface area is 185 Å². The van der Waals surface area contributed by atoms with Gasteiger partial charge in [-0.2, -0.15) is 13.8 Å². The molecule has 3 heterocycles. The molecule has 0 amide bonds. The van der Waals surface area contributed by atoms with Crippen LogP contribution in [0.25, 0.3) is 0 Å². The van der Waals surface area contributed by atoms with Crippen molar-refractivity contribution >= 4 is 25.2 Å². The highest BCUT2D eigenvalue weighted by atomic mass is 35.5. The predicted octanol–water partition coefficient (Wildman–Crippen LogP) is 2.48. The van der Waals surface area contributed by atoms with E-state index in [4.69, 9.17) is 30.5 Å². The molecule has 2 aliphatic heterocycles. The molecule has 32 heavy (non-hydrogen) atoms. The monoisotopic (exact) mass is 493 g/mol. The van der Waals surface area contributed by atoms with E-state index in [0.29, 0.717) is 21.6 Å². The highest BCUT2D eigenvalue weighted by Crippen LogP contribution is 2.55. The quantitative estimate of drug-likeness (QED) is 0.537. The largest absolute Gasteiger partial charge is 0.434 e. The molecular formula is C18H19ClF2N3O7P. The fourth-order valence-electron chi connectivity index (χ4n) is 3.44. The highest BCUT2D eigenvalue weighted by Gasteiger charge is 2.59.